The first-order valence-electron chi connectivity index (χ1n) is 11.7. The van der Waals surface area contributed by atoms with E-state index in [2.05, 4.69) is 16.5 Å². The van der Waals surface area contributed by atoms with Crippen molar-refractivity contribution in [3.05, 3.63) is 107 Å². The zero-order chi connectivity index (χ0) is 25.5. The normalized spacial score (nSPS) is 10.2. The second-order valence-electron chi connectivity index (χ2n) is 6.93. The maximum absolute atomic E-state index is 12.6. The molecular formula is C29H37N3O2. The number of ether oxygens (including phenoxy) is 1. The number of carbonyl (C=O) groups excluding carboxylic acids is 1. The Morgan fingerprint density at radius 2 is 1.74 bits per heavy atom. The molecule has 0 saturated heterocycles. The largest absolute Gasteiger partial charge is 0.457 e. The van der Waals surface area contributed by atoms with Gasteiger partial charge in [0.2, 0.25) is 0 Å². The van der Waals surface area contributed by atoms with E-state index in [9.17, 15) is 4.79 Å². The van der Waals surface area contributed by atoms with Crippen molar-refractivity contribution in [2.75, 3.05) is 5.73 Å². The SMILES string of the molecule is C=C/C(=C\C)c1cc(Cc2cccc(C(=O)OCc3ccncc3)c2C)cc(N)n1.CC.CC. The van der Waals surface area contributed by atoms with Crippen LogP contribution in [0.3, 0.4) is 0 Å². The lowest BCUT2D eigenvalue weighted by atomic mass is 9.96. The second-order valence-corrected chi connectivity index (χ2v) is 6.93. The maximum Gasteiger partial charge on any atom is 0.338 e. The number of aromatic nitrogens is 2. The fourth-order valence-electron chi connectivity index (χ4n) is 3.25. The van der Waals surface area contributed by atoms with Crippen molar-refractivity contribution in [3.63, 3.8) is 0 Å². The zero-order valence-corrected chi connectivity index (χ0v) is 21.3. The van der Waals surface area contributed by atoms with Gasteiger partial charge in [-0.05, 0) is 78.4 Å². The number of rotatable bonds is 7. The number of anilines is 1. The van der Waals surface area contributed by atoms with E-state index in [1.54, 1.807) is 24.5 Å². The van der Waals surface area contributed by atoms with E-state index in [0.29, 0.717) is 17.8 Å². The van der Waals surface area contributed by atoms with Crippen LogP contribution in [0.1, 0.15) is 72.9 Å². The van der Waals surface area contributed by atoms with Gasteiger partial charge in [-0.2, -0.15) is 0 Å². The molecule has 0 fully saturated rings. The molecule has 2 heterocycles. The molecule has 5 nitrogen and oxygen atoms in total. The fraction of sp³-hybridized carbons (Fsp3) is 0.276. The summed E-state index contributed by atoms with van der Waals surface area (Å²) in [6, 6.07) is 13.2. The molecule has 0 radical (unpaired) electrons. The lowest BCUT2D eigenvalue weighted by Gasteiger charge is -2.13. The Hall–Kier alpha value is -3.73. The van der Waals surface area contributed by atoms with Gasteiger partial charge in [0.1, 0.15) is 12.4 Å². The molecule has 0 atom stereocenters. The summed E-state index contributed by atoms with van der Waals surface area (Å²) in [4.78, 5) is 21.0. The van der Waals surface area contributed by atoms with Crippen LogP contribution in [-0.4, -0.2) is 15.9 Å². The Bertz CT molecular complexity index is 1090. The number of hydrogen-bond acceptors (Lipinski definition) is 5. The number of benzene rings is 1. The highest BCUT2D eigenvalue weighted by Crippen LogP contribution is 2.22. The van der Waals surface area contributed by atoms with Crippen LogP contribution in [0.5, 0.6) is 0 Å². The summed E-state index contributed by atoms with van der Waals surface area (Å²) in [7, 11) is 0. The molecule has 0 bridgehead atoms. The summed E-state index contributed by atoms with van der Waals surface area (Å²) in [5.41, 5.74) is 12.1. The van der Waals surface area contributed by atoms with E-state index in [1.807, 2.05) is 84.0 Å². The van der Waals surface area contributed by atoms with Gasteiger partial charge in [-0.3, -0.25) is 4.98 Å². The van der Waals surface area contributed by atoms with E-state index >= 15 is 0 Å². The van der Waals surface area contributed by atoms with E-state index < -0.39 is 0 Å². The summed E-state index contributed by atoms with van der Waals surface area (Å²) in [6.07, 6.45) is 7.69. The van der Waals surface area contributed by atoms with Gasteiger partial charge in [0.15, 0.2) is 0 Å². The number of allylic oxidation sites excluding steroid dienone is 3. The van der Waals surface area contributed by atoms with E-state index in [0.717, 1.165) is 33.5 Å². The summed E-state index contributed by atoms with van der Waals surface area (Å²) < 4.78 is 5.48. The van der Waals surface area contributed by atoms with Crippen LogP contribution in [0.25, 0.3) is 5.57 Å². The summed E-state index contributed by atoms with van der Waals surface area (Å²) in [5, 5.41) is 0. The molecule has 0 unspecified atom stereocenters. The first-order valence-corrected chi connectivity index (χ1v) is 11.7. The third-order valence-electron chi connectivity index (χ3n) is 4.91. The van der Waals surface area contributed by atoms with E-state index in [-0.39, 0.29) is 12.6 Å². The molecule has 34 heavy (non-hydrogen) atoms. The van der Waals surface area contributed by atoms with Crippen LogP contribution < -0.4 is 5.73 Å². The van der Waals surface area contributed by atoms with Crippen LogP contribution in [0.15, 0.2) is 73.6 Å². The molecule has 1 aromatic carbocycles. The van der Waals surface area contributed by atoms with Gasteiger partial charge in [0.05, 0.1) is 11.3 Å². The standard InChI is InChI=1S/C25H25N3O2.2C2H6/c1-4-20(5-2)23-14-19(15-24(26)28-23)13-21-7-6-8-22(17(21)3)25(29)30-16-18-9-11-27-12-10-18;2*1-2/h4-12,14-15H,1,13,16H2,2-3H3,(H2,26,28);2*1-2H3/b20-5+;;. The molecule has 3 aromatic rings. The molecule has 0 saturated carbocycles. The Morgan fingerprint density at radius 1 is 1.06 bits per heavy atom. The topological polar surface area (TPSA) is 78.1 Å². The van der Waals surface area contributed by atoms with Crippen LogP contribution in [0.4, 0.5) is 5.82 Å². The number of nitrogens with two attached hydrogens (primary N) is 1. The highest BCUT2D eigenvalue weighted by molar-refractivity contribution is 5.91. The summed E-state index contributed by atoms with van der Waals surface area (Å²) >= 11 is 0. The third-order valence-corrected chi connectivity index (χ3v) is 4.91. The zero-order valence-electron chi connectivity index (χ0n) is 21.3. The fourth-order valence-corrected chi connectivity index (χ4v) is 3.25. The van der Waals surface area contributed by atoms with Crippen molar-refractivity contribution in [2.45, 2.75) is 54.6 Å². The molecule has 0 amide bonds. The molecule has 2 N–H and O–H groups in total. The minimum atomic E-state index is -0.344. The highest BCUT2D eigenvalue weighted by Gasteiger charge is 2.14. The van der Waals surface area contributed by atoms with Gasteiger partial charge in [0.25, 0.3) is 0 Å². The van der Waals surface area contributed by atoms with Crippen LogP contribution in [0, 0.1) is 6.92 Å². The van der Waals surface area contributed by atoms with Crippen molar-refractivity contribution in [2.24, 2.45) is 0 Å². The highest BCUT2D eigenvalue weighted by atomic mass is 16.5. The van der Waals surface area contributed by atoms with Crippen LogP contribution in [-0.2, 0) is 17.8 Å². The summed E-state index contributed by atoms with van der Waals surface area (Å²) in [5.74, 6) is 0.109. The lowest BCUT2D eigenvalue weighted by Crippen LogP contribution is -2.09. The molecule has 0 aliphatic rings. The molecule has 3 rings (SSSR count). The number of carbonyl (C=O) groups is 1. The Morgan fingerprint density at radius 3 is 2.35 bits per heavy atom. The maximum atomic E-state index is 12.6. The third kappa shape index (κ3) is 8.00. The van der Waals surface area contributed by atoms with Gasteiger partial charge < -0.3 is 10.5 Å². The smallest absolute Gasteiger partial charge is 0.338 e. The number of nitrogen functional groups attached to an aromatic ring is 1. The average molecular weight is 460 g/mol. The van der Waals surface area contributed by atoms with Crippen molar-refractivity contribution in [1.82, 2.24) is 9.97 Å². The van der Waals surface area contributed by atoms with Gasteiger partial charge in [-0.15, -0.1) is 0 Å². The molecule has 2 aromatic heterocycles. The summed E-state index contributed by atoms with van der Waals surface area (Å²) in [6.45, 7) is 15.9. The predicted molar refractivity (Wildman–Crippen MR) is 143 cm³/mol. The Balaban J connectivity index is 0.00000137. The van der Waals surface area contributed by atoms with Crippen LogP contribution >= 0.6 is 0 Å². The molecule has 180 valence electrons. The van der Waals surface area contributed by atoms with Crippen LogP contribution in [0.2, 0.25) is 0 Å². The van der Waals surface area contributed by atoms with E-state index in [1.165, 1.54) is 0 Å². The monoisotopic (exact) mass is 459 g/mol. The van der Waals surface area contributed by atoms with Gasteiger partial charge >= 0.3 is 5.97 Å². The van der Waals surface area contributed by atoms with Crippen molar-refractivity contribution >= 4 is 17.4 Å². The molecule has 0 aliphatic heterocycles. The van der Waals surface area contributed by atoms with E-state index in [4.69, 9.17) is 10.5 Å². The Kier molecular flexibility index (Phi) is 12.6. The van der Waals surface area contributed by atoms with Gasteiger partial charge in [0, 0.05) is 12.4 Å². The Labute approximate surface area is 204 Å². The number of pyridine rings is 2. The second kappa shape index (κ2) is 15.2. The number of hydrogen-bond donors (Lipinski definition) is 1. The number of esters is 1. The molecular weight excluding hydrogens is 422 g/mol. The lowest BCUT2D eigenvalue weighted by molar-refractivity contribution is 0.0471. The minimum absolute atomic E-state index is 0.211. The molecule has 0 spiro atoms. The minimum Gasteiger partial charge on any atom is -0.457 e. The quantitative estimate of drug-likeness (QED) is 0.305. The average Bonchev–Trinajstić information content (AvgIpc) is 2.87. The van der Waals surface area contributed by atoms with Crippen molar-refractivity contribution in [3.8, 4) is 0 Å². The first-order chi connectivity index (χ1) is 16.5. The molecule has 0 aliphatic carbocycles. The van der Waals surface area contributed by atoms with Crippen molar-refractivity contribution < 1.29 is 9.53 Å². The molecule has 5 heteroatoms. The first kappa shape index (κ1) is 28.3. The van der Waals surface area contributed by atoms with Gasteiger partial charge in [-0.25, -0.2) is 9.78 Å². The number of nitrogens with zero attached hydrogens (tertiary/aromatic N) is 2. The predicted octanol–water partition coefficient (Wildman–Crippen LogP) is 6.96. The van der Waals surface area contributed by atoms with Crippen molar-refractivity contribution in [1.29, 1.82) is 0 Å². The van der Waals surface area contributed by atoms with Gasteiger partial charge in [-0.1, -0.05) is 58.6 Å².